The highest BCUT2D eigenvalue weighted by atomic mass is 19.4. The van der Waals surface area contributed by atoms with Crippen molar-refractivity contribution in [2.75, 3.05) is 26.2 Å². The van der Waals surface area contributed by atoms with E-state index in [1.165, 1.54) is 0 Å². The number of unbranched alkanes of at least 4 members (excludes halogenated alkanes) is 1. The van der Waals surface area contributed by atoms with E-state index in [-0.39, 0.29) is 23.8 Å². The Labute approximate surface area is 177 Å². The first kappa shape index (κ1) is 24.6. The summed E-state index contributed by atoms with van der Waals surface area (Å²) >= 11 is 0. The van der Waals surface area contributed by atoms with E-state index in [2.05, 4.69) is 17.2 Å². The van der Waals surface area contributed by atoms with Gasteiger partial charge in [0.05, 0.1) is 12.7 Å². The number of carbonyl (C=O) groups excluding carboxylic acids is 2. The highest BCUT2D eigenvalue weighted by molar-refractivity contribution is 5.93. The van der Waals surface area contributed by atoms with Crippen molar-refractivity contribution >= 4 is 17.8 Å². The number of aliphatic carboxylic acids is 1. The van der Waals surface area contributed by atoms with Gasteiger partial charge in [-0.1, -0.05) is 13.3 Å². The zero-order chi connectivity index (χ0) is 23.0. The highest BCUT2D eigenvalue weighted by Gasteiger charge is 2.44. The third-order valence-corrected chi connectivity index (χ3v) is 5.25. The van der Waals surface area contributed by atoms with Gasteiger partial charge >= 0.3 is 12.1 Å². The van der Waals surface area contributed by atoms with Crippen LogP contribution in [0, 0.1) is 11.8 Å². The fraction of sp³-hybridized carbons (Fsp3) is 0.600. The normalized spacial score (nSPS) is 22.3. The molecule has 2 N–H and O–H groups in total. The predicted molar refractivity (Wildman–Crippen MR) is 103 cm³/mol. The van der Waals surface area contributed by atoms with Gasteiger partial charge in [0.25, 0.3) is 5.91 Å². The number of fused-ring (bicyclic) bond motifs is 1. The molecule has 0 saturated carbocycles. The van der Waals surface area contributed by atoms with E-state index in [0.29, 0.717) is 37.6 Å². The molecule has 2 saturated heterocycles. The number of alkyl halides is 3. The Hall–Kier alpha value is -2.69. The van der Waals surface area contributed by atoms with Crippen LogP contribution in [0.1, 0.15) is 36.5 Å². The van der Waals surface area contributed by atoms with Gasteiger partial charge in [0, 0.05) is 55.8 Å². The van der Waals surface area contributed by atoms with E-state index in [0.717, 1.165) is 19.4 Å². The largest absolute Gasteiger partial charge is 0.490 e. The molecular formula is C20H26F3N3O5. The summed E-state index contributed by atoms with van der Waals surface area (Å²) in [5, 5.41) is 10.1. The Balaban J connectivity index is 0.000000423. The van der Waals surface area contributed by atoms with Crippen molar-refractivity contribution in [2.45, 2.75) is 38.5 Å². The van der Waals surface area contributed by atoms with Crippen molar-refractivity contribution in [1.29, 1.82) is 0 Å². The van der Waals surface area contributed by atoms with Gasteiger partial charge in [-0.3, -0.25) is 14.6 Å². The molecule has 2 aliphatic heterocycles. The first-order chi connectivity index (χ1) is 14.6. The Kier molecular flexibility index (Phi) is 8.78. The SMILES string of the molecule is CCCCC(=O)N1C[C@@H]2[C@@H](CNC(=O)c3ccncc3)CO[C@@H]2C1.O=C(O)C(F)(F)F. The minimum absolute atomic E-state index is 0.0882. The van der Waals surface area contributed by atoms with Crippen molar-refractivity contribution in [3.8, 4) is 0 Å². The van der Waals surface area contributed by atoms with Gasteiger partial charge in [-0.15, -0.1) is 0 Å². The molecule has 2 amide bonds. The number of carboxylic acids is 1. The fourth-order valence-electron chi connectivity index (χ4n) is 3.53. The highest BCUT2D eigenvalue weighted by Crippen LogP contribution is 2.33. The monoisotopic (exact) mass is 445 g/mol. The zero-order valence-electron chi connectivity index (χ0n) is 17.1. The molecule has 1 aromatic heterocycles. The van der Waals surface area contributed by atoms with Crippen LogP contribution in [0.15, 0.2) is 24.5 Å². The van der Waals surface area contributed by atoms with E-state index in [9.17, 15) is 22.8 Å². The number of ether oxygens (including phenoxy) is 1. The summed E-state index contributed by atoms with van der Waals surface area (Å²) in [4.78, 5) is 39.1. The summed E-state index contributed by atoms with van der Waals surface area (Å²) in [5.74, 6) is -2.02. The van der Waals surface area contributed by atoms with Crippen LogP contribution in [-0.2, 0) is 14.3 Å². The average Bonchev–Trinajstić information content (AvgIpc) is 3.32. The lowest BCUT2D eigenvalue weighted by Gasteiger charge is -2.20. The number of nitrogens with zero attached hydrogens (tertiary/aromatic N) is 2. The number of hydrogen-bond acceptors (Lipinski definition) is 5. The molecule has 3 atom stereocenters. The first-order valence-corrected chi connectivity index (χ1v) is 10.0. The van der Waals surface area contributed by atoms with Crippen LogP contribution >= 0.6 is 0 Å². The summed E-state index contributed by atoms with van der Waals surface area (Å²) in [5.41, 5.74) is 0.614. The minimum atomic E-state index is -5.08. The molecule has 3 heterocycles. The van der Waals surface area contributed by atoms with Crippen LogP contribution in [0.2, 0.25) is 0 Å². The molecule has 0 radical (unpaired) electrons. The van der Waals surface area contributed by atoms with Crippen molar-refractivity contribution in [3.63, 3.8) is 0 Å². The zero-order valence-corrected chi connectivity index (χ0v) is 17.1. The second-order valence-electron chi connectivity index (χ2n) is 7.45. The third-order valence-electron chi connectivity index (χ3n) is 5.25. The maximum Gasteiger partial charge on any atom is 0.490 e. The summed E-state index contributed by atoms with van der Waals surface area (Å²) in [6.45, 7) is 4.78. The number of carboxylic acid groups (broad SMARTS) is 1. The Morgan fingerprint density at radius 3 is 2.48 bits per heavy atom. The summed E-state index contributed by atoms with van der Waals surface area (Å²) in [6, 6.07) is 3.40. The number of halogens is 3. The maximum absolute atomic E-state index is 12.2. The van der Waals surface area contributed by atoms with Crippen LogP contribution in [0.3, 0.4) is 0 Å². The topological polar surface area (TPSA) is 109 Å². The van der Waals surface area contributed by atoms with E-state index in [4.69, 9.17) is 14.6 Å². The standard InChI is InChI=1S/C18H25N3O3.C2HF3O2/c1-2-3-4-17(22)21-10-15-14(12-24-16(15)11-21)9-20-18(23)13-5-7-19-8-6-13;3-2(4,5)1(6)7/h5-8,14-16H,2-4,9-12H2,1H3,(H,20,23);(H,6,7)/t14-,15+,16+;/m0./s1. The van der Waals surface area contributed by atoms with Crippen molar-refractivity contribution in [3.05, 3.63) is 30.1 Å². The van der Waals surface area contributed by atoms with Crippen LogP contribution in [0.25, 0.3) is 0 Å². The molecule has 0 aromatic carbocycles. The smallest absolute Gasteiger partial charge is 0.475 e. The predicted octanol–water partition coefficient (Wildman–Crippen LogP) is 2.11. The average molecular weight is 445 g/mol. The van der Waals surface area contributed by atoms with Crippen molar-refractivity contribution in [2.24, 2.45) is 11.8 Å². The first-order valence-electron chi connectivity index (χ1n) is 10.0. The van der Waals surface area contributed by atoms with E-state index in [1.54, 1.807) is 24.5 Å². The molecule has 11 heteroatoms. The van der Waals surface area contributed by atoms with Crippen LogP contribution in [-0.4, -0.2) is 71.3 Å². The van der Waals surface area contributed by atoms with E-state index < -0.39 is 12.1 Å². The lowest BCUT2D eigenvalue weighted by molar-refractivity contribution is -0.192. The van der Waals surface area contributed by atoms with Crippen molar-refractivity contribution < 1.29 is 37.4 Å². The molecule has 31 heavy (non-hydrogen) atoms. The second-order valence-corrected chi connectivity index (χ2v) is 7.45. The molecule has 1 aromatic rings. The van der Waals surface area contributed by atoms with E-state index >= 15 is 0 Å². The van der Waals surface area contributed by atoms with Gasteiger partial charge in [-0.2, -0.15) is 13.2 Å². The molecule has 2 aliphatic rings. The number of pyridine rings is 1. The summed E-state index contributed by atoms with van der Waals surface area (Å²) < 4.78 is 37.6. The number of nitrogens with one attached hydrogen (secondary N) is 1. The van der Waals surface area contributed by atoms with Crippen molar-refractivity contribution in [1.82, 2.24) is 15.2 Å². The van der Waals surface area contributed by atoms with Gasteiger partial charge in [0.2, 0.25) is 5.91 Å². The van der Waals surface area contributed by atoms with Gasteiger partial charge in [0.1, 0.15) is 0 Å². The maximum atomic E-state index is 12.2. The second kappa shape index (κ2) is 11.1. The van der Waals surface area contributed by atoms with Gasteiger partial charge in [0.15, 0.2) is 0 Å². The minimum Gasteiger partial charge on any atom is -0.475 e. The Morgan fingerprint density at radius 2 is 1.90 bits per heavy atom. The van der Waals surface area contributed by atoms with Crippen LogP contribution in [0.4, 0.5) is 13.2 Å². The molecule has 2 fully saturated rings. The fourth-order valence-corrected chi connectivity index (χ4v) is 3.53. The molecule has 8 nitrogen and oxygen atoms in total. The summed E-state index contributed by atoms with van der Waals surface area (Å²) in [7, 11) is 0. The van der Waals surface area contributed by atoms with Gasteiger partial charge in [-0.25, -0.2) is 4.79 Å². The molecule has 3 rings (SSSR count). The lowest BCUT2D eigenvalue weighted by atomic mass is 9.93. The molecule has 0 aliphatic carbocycles. The molecule has 0 bridgehead atoms. The molecular weight excluding hydrogens is 419 g/mol. The molecule has 172 valence electrons. The number of aromatic nitrogens is 1. The lowest BCUT2D eigenvalue weighted by Crippen LogP contribution is -2.35. The number of carbonyl (C=O) groups is 3. The third kappa shape index (κ3) is 7.20. The van der Waals surface area contributed by atoms with Gasteiger partial charge in [-0.05, 0) is 18.6 Å². The number of hydrogen-bond donors (Lipinski definition) is 2. The molecule has 0 spiro atoms. The Bertz CT molecular complexity index is 760. The molecule has 0 unspecified atom stereocenters. The number of amides is 2. The number of likely N-dealkylation sites (tertiary alicyclic amines) is 1. The van der Waals surface area contributed by atoms with Crippen LogP contribution < -0.4 is 5.32 Å². The van der Waals surface area contributed by atoms with E-state index in [1.807, 2.05) is 4.90 Å². The van der Waals surface area contributed by atoms with Crippen LogP contribution in [0.5, 0.6) is 0 Å². The quantitative estimate of drug-likeness (QED) is 0.694. The Morgan fingerprint density at radius 1 is 1.26 bits per heavy atom. The number of rotatable bonds is 6. The van der Waals surface area contributed by atoms with Gasteiger partial charge < -0.3 is 20.1 Å². The summed E-state index contributed by atoms with van der Waals surface area (Å²) in [6.07, 6.45) is 0.863.